The molecule has 0 heterocycles. The Bertz CT molecular complexity index is 710. The van der Waals surface area contributed by atoms with Crippen LogP contribution in [0.2, 0.25) is 0 Å². The Labute approximate surface area is 187 Å². The van der Waals surface area contributed by atoms with Crippen molar-refractivity contribution in [3.05, 3.63) is 0 Å². The van der Waals surface area contributed by atoms with Crippen molar-refractivity contribution >= 4 is 23.9 Å². The normalized spacial score (nSPS) is 16.4. The number of aliphatic carboxylic acids is 4. The van der Waals surface area contributed by atoms with E-state index in [2.05, 4.69) is 20.5 Å². The molecular weight excluding hydrogens is 424 g/mol. The fraction of sp³-hybridized carbons (Fsp3) is 0.800. The summed E-state index contributed by atoms with van der Waals surface area (Å²) in [7, 11) is 0. The standard InChI is InChI=1S/2C10H18N2O4/c2*1-6(2)10(5,8(15)16)12-11-9(3,4)7(13)14/h2*6H,1-5H3,(H,13,14)(H,15,16). The summed E-state index contributed by atoms with van der Waals surface area (Å²) in [6, 6.07) is 0. The van der Waals surface area contributed by atoms with Crippen molar-refractivity contribution in [2.24, 2.45) is 32.3 Å². The van der Waals surface area contributed by atoms with Crippen LogP contribution in [-0.4, -0.2) is 66.5 Å². The number of rotatable bonds is 10. The lowest BCUT2D eigenvalue weighted by atomic mass is 9.90. The zero-order valence-corrected chi connectivity index (χ0v) is 20.4. The molecule has 0 aliphatic heterocycles. The van der Waals surface area contributed by atoms with E-state index in [0.29, 0.717) is 0 Å². The van der Waals surface area contributed by atoms with Crippen LogP contribution < -0.4 is 0 Å². The Balaban J connectivity index is 0. The maximum Gasteiger partial charge on any atom is 0.333 e. The topological polar surface area (TPSA) is 199 Å². The molecule has 4 N–H and O–H groups in total. The van der Waals surface area contributed by atoms with Crippen molar-refractivity contribution in [2.75, 3.05) is 0 Å². The van der Waals surface area contributed by atoms with Gasteiger partial charge in [0.1, 0.15) is 0 Å². The summed E-state index contributed by atoms with van der Waals surface area (Å²) in [5.74, 6) is -5.09. The van der Waals surface area contributed by atoms with Gasteiger partial charge in [-0.05, 0) is 53.4 Å². The molecule has 2 unspecified atom stereocenters. The highest BCUT2D eigenvalue weighted by molar-refractivity contribution is 5.80. The van der Waals surface area contributed by atoms with Crippen molar-refractivity contribution in [3.8, 4) is 0 Å². The molecule has 0 aromatic rings. The summed E-state index contributed by atoms with van der Waals surface area (Å²) in [6.45, 7) is 15.1. The van der Waals surface area contributed by atoms with Crippen molar-refractivity contribution in [1.29, 1.82) is 0 Å². The van der Waals surface area contributed by atoms with E-state index >= 15 is 0 Å². The third kappa shape index (κ3) is 8.31. The van der Waals surface area contributed by atoms with Gasteiger partial charge in [-0.25, -0.2) is 19.2 Å². The first-order valence-corrected chi connectivity index (χ1v) is 9.89. The van der Waals surface area contributed by atoms with Crippen LogP contribution in [0.25, 0.3) is 0 Å². The SMILES string of the molecule is CC(C)C(C)(N=NC(C)(C)C(=O)O)C(=O)O.CC(C)C(C)(N=NC(C)(C)C(=O)O)C(=O)O. The molecule has 0 spiro atoms. The van der Waals surface area contributed by atoms with E-state index in [4.69, 9.17) is 20.4 Å². The molecule has 0 bridgehead atoms. The lowest BCUT2D eigenvalue weighted by Gasteiger charge is -2.24. The Hall–Kier alpha value is -2.92. The van der Waals surface area contributed by atoms with Crippen LogP contribution in [-0.2, 0) is 19.2 Å². The van der Waals surface area contributed by atoms with Gasteiger partial charge < -0.3 is 20.4 Å². The van der Waals surface area contributed by atoms with Gasteiger partial charge in [-0.3, -0.25) is 0 Å². The summed E-state index contributed by atoms with van der Waals surface area (Å²) in [5, 5.41) is 50.3. The molecule has 32 heavy (non-hydrogen) atoms. The van der Waals surface area contributed by atoms with Crippen LogP contribution in [0, 0.1) is 11.8 Å². The second-order valence-corrected chi connectivity index (χ2v) is 9.34. The first-order valence-electron chi connectivity index (χ1n) is 9.89. The highest BCUT2D eigenvalue weighted by Crippen LogP contribution is 2.25. The minimum atomic E-state index is -1.41. The predicted octanol–water partition coefficient (Wildman–Crippen LogP) is 3.60. The molecule has 2 atom stereocenters. The van der Waals surface area contributed by atoms with Crippen molar-refractivity contribution in [2.45, 2.75) is 91.4 Å². The number of azo groups is 2. The summed E-state index contributed by atoms with van der Waals surface area (Å²) in [6.07, 6.45) is 0. The zero-order chi connectivity index (χ0) is 26.3. The fourth-order valence-corrected chi connectivity index (χ4v) is 1.35. The van der Waals surface area contributed by atoms with E-state index in [9.17, 15) is 19.2 Å². The molecule has 0 aliphatic carbocycles. The molecule has 0 radical (unpaired) electrons. The minimum Gasteiger partial charge on any atom is -0.479 e. The summed E-state index contributed by atoms with van der Waals surface area (Å²) < 4.78 is 0. The average molecular weight is 461 g/mol. The Kier molecular flexibility index (Phi) is 10.8. The third-order valence-corrected chi connectivity index (χ3v) is 5.18. The Morgan fingerprint density at radius 2 is 0.719 bits per heavy atom. The van der Waals surface area contributed by atoms with E-state index in [1.54, 1.807) is 27.7 Å². The number of nitrogens with zero attached hydrogens (tertiary/aromatic N) is 4. The maximum absolute atomic E-state index is 11.0. The second kappa shape index (κ2) is 11.1. The number of hydrogen-bond acceptors (Lipinski definition) is 8. The molecule has 0 aromatic carbocycles. The van der Waals surface area contributed by atoms with Gasteiger partial charge >= 0.3 is 23.9 Å². The number of carboxylic acid groups (broad SMARTS) is 4. The van der Waals surface area contributed by atoms with Crippen LogP contribution in [0.5, 0.6) is 0 Å². The molecule has 12 nitrogen and oxygen atoms in total. The lowest BCUT2D eigenvalue weighted by Crippen LogP contribution is -2.39. The highest BCUT2D eigenvalue weighted by atomic mass is 16.4. The van der Waals surface area contributed by atoms with Crippen LogP contribution in [0.1, 0.15) is 69.2 Å². The zero-order valence-electron chi connectivity index (χ0n) is 20.4. The number of hydrogen-bond donors (Lipinski definition) is 4. The van der Waals surface area contributed by atoms with Crippen molar-refractivity contribution in [1.82, 2.24) is 0 Å². The molecule has 0 aromatic heterocycles. The Morgan fingerprint density at radius 1 is 0.500 bits per heavy atom. The van der Waals surface area contributed by atoms with E-state index in [1.807, 2.05) is 0 Å². The molecule has 184 valence electrons. The smallest absolute Gasteiger partial charge is 0.333 e. The second-order valence-electron chi connectivity index (χ2n) is 9.34. The van der Waals surface area contributed by atoms with Crippen LogP contribution in [0.4, 0.5) is 0 Å². The number of carboxylic acids is 4. The molecular formula is C20H36N4O8. The van der Waals surface area contributed by atoms with E-state index in [-0.39, 0.29) is 11.8 Å². The van der Waals surface area contributed by atoms with E-state index < -0.39 is 46.0 Å². The van der Waals surface area contributed by atoms with Gasteiger partial charge in [0.05, 0.1) is 0 Å². The van der Waals surface area contributed by atoms with Crippen molar-refractivity contribution in [3.63, 3.8) is 0 Å². The van der Waals surface area contributed by atoms with E-state index in [1.165, 1.54) is 41.5 Å². The fourth-order valence-electron chi connectivity index (χ4n) is 1.35. The minimum absolute atomic E-state index is 0.279. The van der Waals surface area contributed by atoms with E-state index in [0.717, 1.165) is 0 Å². The lowest BCUT2D eigenvalue weighted by molar-refractivity contribution is -0.146. The van der Waals surface area contributed by atoms with Gasteiger partial charge in [0.2, 0.25) is 0 Å². The molecule has 0 rings (SSSR count). The number of carbonyl (C=O) groups is 4. The molecule has 0 saturated carbocycles. The average Bonchev–Trinajstić information content (AvgIpc) is 2.63. The van der Waals surface area contributed by atoms with Crippen LogP contribution in [0.15, 0.2) is 20.5 Å². The predicted molar refractivity (Wildman–Crippen MR) is 115 cm³/mol. The summed E-state index contributed by atoms with van der Waals surface area (Å²) >= 11 is 0. The maximum atomic E-state index is 11.0. The molecule has 0 fully saturated rings. The highest BCUT2D eigenvalue weighted by Gasteiger charge is 2.39. The van der Waals surface area contributed by atoms with Crippen LogP contribution >= 0.6 is 0 Å². The molecule has 0 aliphatic rings. The van der Waals surface area contributed by atoms with Gasteiger partial charge in [-0.2, -0.15) is 20.5 Å². The van der Waals surface area contributed by atoms with Gasteiger partial charge in [0.15, 0.2) is 22.2 Å². The van der Waals surface area contributed by atoms with Gasteiger partial charge in [-0.1, -0.05) is 27.7 Å². The molecule has 0 saturated heterocycles. The first kappa shape index (κ1) is 31.3. The summed E-state index contributed by atoms with van der Waals surface area (Å²) in [4.78, 5) is 43.6. The third-order valence-electron chi connectivity index (χ3n) is 5.18. The summed E-state index contributed by atoms with van der Waals surface area (Å²) in [5.41, 5.74) is -5.61. The molecule has 12 heteroatoms. The van der Waals surface area contributed by atoms with Gasteiger partial charge in [-0.15, -0.1) is 0 Å². The van der Waals surface area contributed by atoms with Crippen LogP contribution in [0.3, 0.4) is 0 Å². The largest absolute Gasteiger partial charge is 0.479 e. The molecule has 0 amide bonds. The monoisotopic (exact) mass is 460 g/mol. The van der Waals surface area contributed by atoms with Gasteiger partial charge in [0.25, 0.3) is 0 Å². The van der Waals surface area contributed by atoms with Crippen molar-refractivity contribution < 1.29 is 39.6 Å². The quantitative estimate of drug-likeness (QED) is 0.354. The Morgan fingerprint density at radius 3 is 0.844 bits per heavy atom. The van der Waals surface area contributed by atoms with Gasteiger partial charge in [0, 0.05) is 0 Å². The first-order chi connectivity index (χ1) is 14.1.